The van der Waals surface area contributed by atoms with E-state index in [9.17, 15) is 4.79 Å². The smallest absolute Gasteiger partial charge is 0.240 e. The number of piperazine rings is 1. The Hall–Kier alpha value is -2.02. The Morgan fingerprint density at radius 3 is 2.15 bits per heavy atom. The highest BCUT2D eigenvalue weighted by atomic mass is 32.2. The van der Waals surface area contributed by atoms with Crippen LogP contribution in [0.3, 0.4) is 0 Å². The second-order valence-corrected chi connectivity index (χ2v) is 14.2. The second-order valence-electron chi connectivity index (χ2n) is 12.9. The number of carbonyl (C=O) groups excluding carboxylic acids is 1. The number of amides is 1. The highest BCUT2D eigenvalue weighted by Gasteiger charge is 2.50. The van der Waals surface area contributed by atoms with Crippen molar-refractivity contribution in [3.63, 3.8) is 0 Å². The topological polar surface area (TPSA) is 36.0 Å². The number of carbonyl (C=O) groups is 1. The van der Waals surface area contributed by atoms with Gasteiger partial charge >= 0.3 is 0 Å². The van der Waals surface area contributed by atoms with Gasteiger partial charge in [0.25, 0.3) is 0 Å². The standard InChI is InChI=1S/C33H43N3O2S/c1-38-28-7-9-29(10-8-28)39-30-20-31(36(22-30)21-23-5-3-2-4-6-23)33(37)35-13-11-34(12-14-35)32-26-16-24-15-25(18-26)19-27(32)17-24/h2-10,24-27,30-32H,11-22H2,1H3/t24?,25?,26?,27?,30-,31-,32?/m0/s1. The van der Waals surface area contributed by atoms with Crippen molar-refractivity contribution in [2.45, 2.75) is 67.3 Å². The van der Waals surface area contributed by atoms with Gasteiger partial charge in [0, 0.05) is 55.5 Å². The van der Waals surface area contributed by atoms with Crippen LogP contribution in [0.5, 0.6) is 5.75 Å². The molecular formula is C33H43N3O2S. The summed E-state index contributed by atoms with van der Waals surface area (Å²) >= 11 is 1.91. The number of benzene rings is 2. The first kappa shape index (κ1) is 25.9. The quantitative estimate of drug-likeness (QED) is 0.466. The number of nitrogens with zero attached hydrogens (tertiary/aromatic N) is 3. The third-order valence-corrected chi connectivity index (χ3v) is 11.7. The second kappa shape index (κ2) is 11.1. The predicted octanol–water partition coefficient (Wildman–Crippen LogP) is 5.40. The Morgan fingerprint density at radius 2 is 1.51 bits per heavy atom. The third kappa shape index (κ3) is 5.37. The average Bonchev–Trinajstić information content (AvgIpc) is 3.35. The fraction of sp³-hybridized carbons (Fsp3) is 0.606. The molecule has 4 saturated carbocycles. The van der Waals surface area contributed by atoms with E-state index in [1.54, 1.807) is 7.11 Å². The first-order valence-corrected chi connectivity index (χ1v) is 16.1. The van der Waals surface area contributed by atoms with Crippen LogP contribution in [-0.2, 0) is 11.3 Å². The van der Waals surface area contributed by atoms with Gasteiger partial charge in [0.1, 0.15) is 5.75 Å². The lowest BCUT2D eigenvalue weighted by Gasteiger charge is -2.58. The molecule has 39 heavy (non-hydrogen) atoms. The van der Waals surface area contributed by atoms with Gasteiger partial charge in [-0.25, -0.2) is 0 Å². The lowest BCUT2D eigenvalue weighted by molar-refractivity contribution is -0.140. The number of ether oxygens (including phenoxy) is 1. The molecule has 6 heteroatoms. The molecule has 4 bridgehead atoms. The molecule has 0 aromatic heterocycles. The van der Waals surface area contributed by atoms with Gasteiger partial charge in [-0.15, -0.1) is 11.8 Å². The molecule has 0 unspecified atom stereocenters. The summed E-state index contributed by atoms with van der Waals surface area (Å²) in [5.74, 6) is 5.14. The van der Waals surface area contributed by atoms with Crippen LogP contribution >= 0.6 is 11.8 Å². The van der Waals surface area contributed by atoms with E-state index >= 15 is 0 Å². The molecule has 2 aromatic rings. The minimum atomic E-state index is -0.0336. The highest BCUT2D eigenvalue weighted by Crippen LogP contribution is 2.55. The molecule has 0 N–H and O–H groups in total. The summed E-state index contributed by atoms with van der Waals surface area (Å²) in [6, 6.07) is 19.8. The number of likely N-dealkylation sites (tertiary alicyclic amines) is 1. The normalized spacial score (nSPS) is 34.5. The highest BCUT2D eigenvalue weighted by molar-refractivity contribution is 8.00. The van der Waals surface area contributed by atoms with E-state index in [0.29, 0.717) is 11.2 Å². The van der Waals surface area contributed by atoms with Crippen molar-refractivity contribution >= 4 is 17.7 Å². The zero-order valence-electron chi connectivity index (χ0n) is 23.3. The summed E-state index contributed by atoms with van der Waals surface area (Å²) in [5.41, 5.74) is 1.29. The first-order chi connectivity index (χ1) is 19.1. The Morgan fingerprint density at radius 1 is 0.846 bits per heavy atom. The van der Waals surface area contributed by atoms with E-state index in [1.165, 1.54) is 42.6 Å². The Labute approximate surface area is 238 Å². The van der Waals surface area contributed by atoms with Crippen molar-refractivity contribution in [1.82, 2.24) is 14.7 Å². The number of methoxy groups -OCH3 is 1. The van der Waals surface area contributed by atoms with Crippen LogP contribution in [0.1, 0.15) is 44.1 Å². The van der Waals surface area contributed by atoms with E-state index in [2.05, 4.69) is 57.2 Å². The van der Waals surface area contributed by atoms with Crippen molar-refractivity contribution in [2.24, 2.45) is 23.7 Å². The van der Waals surface area contributed by atoms with E-state index in [4.69, 9.17) is 4.74 Å². The van der Waals surface area contributed by atoms with Crippen LogP contribution in [0.25, 0.3) is 0 Å². The number of rotatable bonds is 7. The lowest BCUT2D eigenvalue weighted by Crippen LogP contribution is -2.61. The average molecular weight is 546 g/mol. The maximum atomic E-state index is 14.1. The van der Waals surface area contributed by atoms with Crippen molar-refractivity contribution < 1.29 is 9.53 Å². The molecule has 6 aliphatic rings. The molecule has 2 aliphatic heterocycles. The van der Waals surface area contributed by atoms with Crippen molar-refractivity contribution in [1.29, 1.82) is 0 Å². The molecule has 0 spiro atoms. The van der Waals surface area contributed by atoms with E-state index in [0.717, 1.165) is 81.2 Å². The summed E-state index contributed by atoms with van der Waals surface area (Å²) in [5, 5.41) is 0.408. The van der Waals surface area contributed by atoms with Gasteiger partial charge in [-0.1, -0.05) is 30.3 Å². The van der Waals surface area contributed by atoms with Crippen LogP contribution in [0.15, 0.2) is 59.5 Å². The summed E-state index contributed by atoms with van der Waals surface area (Å²) < 4.78 is 5.34. The van der Waals surface area contributed by atoms with Gasteiger partial charge in [-0.3, -0.25) is 14.6 Å². The molecule has 2 aromatic carbocycles. The molecular weight excluding hydrogens is 502 g/mol. The van der Waals surface area contributed by atoms with Crippen molar-refractivity contribution in [3.05, 3.63) is 60.2 Å². The maximum absolute atomic E-state index is 14.1. The first-order valence-electron chi connectivity index (χ1n) is 15.2. The molecule has 1 amide bonds. The van der Waals surface area contributed by atoms with Gasteiger partial charge in [-0.2, -0.15) is 0 Å². The largest absolute Gasteiger partial charge is 0.497 e. The molecule has 8 rings (SSSR count). The molecule has 2 saturated heterocycles. The molecule has 2 atom stereocenters. The number of thioether (sulfide) groups is 1. The summed E-state index contributed by atoms with van der Waals surface area (Å²) in [6.45, 7) is 5.70. The summed E-state index contributed by atoms with van der Waals surface area (Å²) in [7, 11) is 1.71. The molecule has 2 heterocycles. The molecule has 6 fully saturated rings. The zero-order chi connectivity index (χ0) is 26.3. The summed E-state index contributed by atoms with van der Waals surface area (Å²) in [4.78, 5) is 22.8. The third-order valence-electron chi connectivity index (χ3n) is 10.5. The molecule has 4 aliphatic carbocycles. The minimum absolute atomic E-state index is 0.0336. The zero-order valence-corrected chi connectivity index (χ0v) is 24.1. The fourth-order valence-electron chi connectivity index (χ4n) is 8.99. The van der Waals surface area contributed by atoms with Crippen LogP contribution < -0.4 is 4.74 Å². The monoisotopic (exact) mass is 545 g/mol. The van der Waals surface area contributed by atoms with Gasteiger partial charge in [0.05, 0.1) is 13.2 Å². The Kier molecular flexibility index (Phi) is 7.38. The Bertz CT molecular complexity index is 1110. The van der Waals surface area contributed by atoms with Crippen LogP contribution in [-0.4, -0.2) is 77.8 Å². The van der Waals surface area contributed by atoms with Gasteiger partial charge in [-0.05, 0) is 92.0 Å². The van der Waals surface area contributed by atoms with Gasteiger partial charge < -0.3 is 9.64 Å². The van der Waals surface area contributed by atoms with Gasteiger partial charge in [0.2, 0.25) is 5.91 Å². The Balaban J connectivity index is 1.01. The molecule has 5 nitrogen and oxygen atoms in total. The van der Waals surface area contributed by atoms with Crippen LogP contribution in [0.4, 0.5) is 0 Å². The molecule has 0 radical (unpaired) electrons. The van der Waals surface area contributed by atoms with Crippen molar-refractivity contribution in [2.75, 3.05) is 39.8 Å². The predicted molar refractivity (Wildman–Crippen MR) is 157 cm³/mol. The minimum Gasteiger partial charge on any atom is -0.497 e. The SMILES string of the molecule is COc1ccc(S[C@H]2C[C@@H](C(=O)N3CCN(C4C5CC6CC(C5)CC4C6)CC3)N(Cc3ccccc3)C2)cc1. The molecule has 208 valence electrons. The maximum Gasteiger partial charge on any atom is 0.240 e. The van der Waals surface area contributed by atoms with Gasteiger partial charge in [0.15, 0.2) is 0 Å². The van der Waals surface area contributed by atoms with E-state index in [1.807, 2.05) is 23.9 Å². The van der Waals surface area contributed by atoms with Crippen molar-refractivity contribution in [3.8, 4) is 5.75 Å². The van der Waals surface area contributed by atoms with E-state index in [-0.39, 0.29) is 6.04 Å². The van der Waals surface area contributed by atoms with E-state index < -0.39 is 0 Å². The summed E-state index contributed by atoms with van der Waals surface area (Å²) in [6.07, 6.45) is 8.32. The number of hydrogen-bond donors (Lipinski definition) is 0. The number of hydrogen-bond acceptors (Lipinski definition) is 5. The lowest BCUT2D eigenvalue weighted by atomic mass is 9.54. The van der Waals surface area contributed by atoms with Crippen LogP contribution in [0.2, 0.25) is 0 Å². The van der Waals surface area contributed by atoms with Crippen LogP contribution in [0, 0.1) is 23.7 Å². The fourth-order valence-corrected chi connectivity index (χ4v) is 10.2.